The van der Waals surface area contributed by atoms with E-state index in [0.29, 0.717) is 5.56 Å². The Bertz CT molecular complexity index is 479. The first kappa shape index (κ1) is 15.5. The Kier molecular flexibility index (Phi) is 5.57. The minimum absolute atomic E-state index is 0.306. The maximum Gasteiger partial charge on any atom is 0.337 e. The Morgan fingerprint density at radius 3 is 2.95 bits per heavy atom. The summed E-state index contributed by atoms with van der Waals surface area (Å²) in [4.78, 5) is 13.8. The number of nitrogens with one attached hydrogen (secondary N) is 1. The van der Waals surface area contributed by atoms with Crippen LogP contribution >= 0.6 is 15.9 Å². The fourth-order valence-electron chi connectivity index (χ4n) is 2.54. The van der Waals surface area contributed by atoms with Gasteiger partial charge in [0.15, 0.2) is 0 Å². The van der Waals surface area contributed by atoms with Crippen LogP contribution in [0.5, 0.6) is 0 Å². The van der Waals surface area contributed by atoms with Crippen molar-refractivity contribution in [3.63, 3.8) is 0 Å². The van der Waals surface area contributed by atoms with Gasteiger partial charge in [0.2, 0.25) is 0 Å². The van der Waals surface area contributed by atoms with Gasteiger partial charge >= 0.3 is 5.97 Å². The van der Waals surface area contributed by atoms with Crippen LogP contribution in [-0.4, -0.2) is 44.7 Å². The molecule has 1 heterocycles. The zero-order valence-electron chi connectivity index (χ0n) is 12.0. The summed E-state index contributed by atoms with van der Waals surface area (Å²) in [6.45, 7) is 4.22. The van der Waals surface area contributed by atoms with Gasteiger partial charge in [-0.3, -0.25) is 0 Å². The van der Waals surface area contributed by atoms with Crippen LogP contribution in [0.25, 0.3) is 0 Å². The van der Waals surface area contributed by atoms with Crippen molar-refractivity contribution in [3.8, 4) is 0 Å². The van der Waals surface area contributed by atoms with Crippen molar-refractivity contribution >= 4 is 21.9 Å². The summed E-state index contributed by atoms with van der Waals surface area (Å²) in [5.41, 5.74) is 1.73. The van der Waals surface area contributed by atoms with Crippen LogP contribution in [0.4, 0.5) is 0 Å². The fourth-order valence-corrected chi connectivity index (χ4v) is 3.06. The first-order chi connectivity index (χ1) is 9.60. The molecule has 0 amide bonds. The molecule has 2 rings (SSSR count). The SMILES string of the molecule is COC(=O)c1ccc(CNCC2CCN(C)C2)c(Br)c1. The Labute approximate surface area is 128 Å². The summed E-state index contributed by atoms with van der Waals surface area (Å²) in [5.74, 6) is 0.437. The van der Waals surface area contributed by atoms with E-state index in [9.17, 15) is 4.79 Å². The number of nitrogens with zero attached hydrogens (tertiary/aromatic N) is 1. The van der Waals surface area contributed by atoms with Crippen LogP contribution in [0.15, 0.2) is 22.7 Å². The molecule has 1 N–H and O–H groups in total. The second-order valence-electron chi connectivity index (χ2n) is 5.35. The number of esters is 1. The van der Waals surface area contributed by atoms with E-state index in [1.807, 2.05) is 12.1 Å². The predicted octanol–water partition coefficient (Wildman–Crippen LogP) is 2.28. The lowest BCUT2D eigenvalue weighted by molar-refractivity contribution is 0.0600. The van der Waals surface area contributed by atoms with E-state index in [2.05, 4.69) is 33.2 Å². The van der Waals surface area contributed by atoms with E-state index in [1.54, 1.807) is 6.07 Å². The second kappa shape index (κ2) is 7.20. The fraction of sp³-hybridized carbons (Fsp3) is 0.533. The van der Waals surface area contributed by atoms with Gasteiger partial charge in [0.25, 0.3) is 0 Å². The second-order valence-corrected chi connectivity index (χ2v) is 6.20. The molecular formula is C15H21BrN2O2. The molecule has 5 heteroatoms. The predicted molar refractivity (Wildman–Crippen MR) is 82.8 cm³/mol. The molecule has 0 aromatic heterocycles. The Balaban J connectivity index is 1.85. The largest absolute Gasteiger partial charge is 0.465 e. The number of ether oxygens (including phenoxy) is 1. The maximum atomic E-state index is 11.4. The summed E-state index contributed by atoms with van der Waals surface area (Å²) in [6.07, 6.45) is 1.27. The Hall–Kier alpha value is -0.910. The molecule has 110 valence electrons. The van der Waals surface area contributed by atoms with Gasteiger partial charge in [0.05, 0.1) is 12.7 Å². The first-order valence-corrected chi connectivity index (χ1v) is 7.65. The Morgan fingerprint density at radius 2 is 2.35 bits per heavy atom. The van der Waals surface area contributed by atoms with Crippen molar-refractivity contribution in [2.45, 2.75) is 13.0 Å². The Morgan fingerprint density at radius 1 is 1.55 bits per heavy atom. The molecule has 0 bridgehead atoms. The highest BCUT2D eigenvalue weighted by molar-refractivity contribution is 9.10. The average molecular weight is 341 g/mol. The summed E-state index contributed by atoms with van der Waals surface area (Å²) in [6, 6.07) is 5.58. The van der Waals surface area contributed by atoms with Crippen molar-refractivity contribution in [1.29, 1.82) is 0 Å². The molecule has 0 aliphatic carbocycles. The normalized spacial score (nSPS) is 19.2. The number of methoxy groups -OCH3 is 1. The highest BCUT2D eigenvalue weighted by atomic mass is 79.9. The summed E-state index contributed by atoms with van der Waals surface area (Å²) in [7, 11) is 3.56. The number of hydrogen-bond donors (Lipinski definition) is 1. The van der Waals surface area contributed by atoms with Gasteiger partial charge < -0.3 is 15.0 Å². The first-order valence-electron chi connectivity index (χ1n) is 6.86. The molecule has 0 spiro atoms. The lowest BCUT2D eigenvalue weighted by atomic mass is 10.1. The molecule has 4 nitrogen and oxygen atoms in total. The smallest absolute Gasteiger partial charge is 0.337 e. The van der Waals surface area contributed by atoms with Crippen LogP contribution in [0.1, 0.15) is 22.3 Å². The molecular weight excluding hydrogens is 320 g/mol. The number of halogens is 1. The quantitative estimate of drug-likeness (QED) is 0.835. The molecule has 1 aliphatic rings. The maximum absolute atomic E-state index is 11.4. The summed E-state index contributed by atoms with van der Waals surface area (Å²) in [5, 5.41) is 3.49. The van der Waals surface area contributed by atoms with Crippen molar-refractivity contribution in [2.75, 3.05) is 33.8 Å². The number of carbonyl (C=O) groups excluding carboxylic acids is 1. The van der Waals surface area contributed by atoms with Gasteiger partial charge in [-0.05, 0) is 50.2 Å². The molecule has 1 aromatic rings. The third-order valence-electron chi connectivity index (χ3n) is 3.71. The summed E-state index contributed by atoms with van der Waals surface area (Å²) >= 11 is 3.51. The minimum atomic E-state index is -0.306. The minimum Gasteiger partial charge on any atom is -0.465 e. The number of rotatable bonds is 5. The third-order valence-corrected chi connectivity index (χ3v) is 4.45. The molecule has 1 saturated heterocycles. The molecule has 0 radical (unpaired) electrons. The lowest BCUT2D eigenvalue weighted by Crippen LogP contribution is -2.24. The lowest BCUT2D eigenvalue weighted by Gasteiger charge is -2.12. The van der Waals surface area contributed by atoms with Crippen LogP contribution in [-0.2, 0) is 11.3 Å². The van der Waals surface area contributed by atoms with Gasteiger partial charge in [0, 0.05) is 17.6 Å². The van der Waals surface area contributed by atoms with Crippen LogP contribution in [0, 0.1) is 5.92 Å². The number of benzene rings is 1. The topological polar surface area (TPSA) is 41.6 Å². The molecule has 20 heavy (non-hydrogen) atoms. The van der Waals surface area contributed by atoms with Gasteiger partial charge in [-0.25, -0.2) is 4.79 Å². The van der Waals surface area contributed by atoms with Crippen molar-refractivity contribution in [2.24, 2.45) is 5.92 Å². The van der Waals surface area contributed by atoms with E-state index in [0.717, 1.165) is 29.0 Å². The molecule has 0 saturated carbocycles. The van der Waals surface area contributed by atoms with Crippen molar-refractivity contribution in [3.05, 3.63) is 33.8 Å². The zero-order valence-corrected chi connectivity index (χ0v) is 13.6. The van der Waals surface area contributed by atoms with Gasteiger partial charge in [-0.1, -0.05) is 22.0 Å². The highest BCUT2D eigenvalue weighted by Crippen LogP contribution is 2.19. The van der Waals surface area contributed by atoms with E-state index in [4.69, 9.17) is 4.74 Å². The molecule has 1 unspecified atom stereocenters. The molecule has 1 fully saturated rings. The van der Waals surface area contributed by atoms with Gasteiger partial charge in [-0.2, -0.15) is 0 Å². The zero-order chi connectivity index (χ0) is 14.5. The average Bonchev–Trinajstić information content (AvgIpc) is 2.85. The molecule has 1 aromatic carbocycles. The standard InChI is InChI=1S/C15H21BrN2O2/c1-18-6-5-11(10-18)8-17-9-13-4-3-12(7-14(13)16)15(19)20-2/h3-4,7,11,17H,5-6,8-10H2,1-2H3. The van der Waals surface area contributed by atoms with Crippen molar-refractivity contribution < 1.29 is 9.53 Å². The monoisotopic (exact) mass is 340 g/mol. The number of hydrogen-bond acceptors (Lipinski definition) is 4. The van der Waals surface area contributed by atoms with E-state index in [-0.39, 0.29) is 5.97 Å². The van der Waals surface area contributed by atoms with E-state index < -0.39 is 0 Å². The van der Waals surface area contributed by atoms with Crippen LogP contribution in [0.2, 0.25) is 0 Å². The van der Waals surface area contributed by atoms with Gasteiger partial charge in [-0.15, -0.1) is 0 Å². The van der Waals surface area contributed by atoms with E-state index >= 15 is 0 Å². The number of likely N-dealkylation sites (tertiary alicyclic amines) is 1. The third kappa shape index (κ3) is 4.04. The highest BCUT2D eigenvalue weighted by Gasteiger charge is 2.18. The number of carbonyl (C=O) groups is 1. The van der Waals surface area contributed by atoms with Crippen LogP contribution < -0.4 is 5.32 Å². The van der Waals surface area contributed by atoms with E-state index in [1.165, 1.54) is 26.6 Å². The molecule has 1 aliphatic heterocycles. The van der Waals surface area contributed by atoms with Crippen molar-refractivity contribution in [1.82, 2.24) is 10.2 Å². The van der Waals surface area contributed by atoms with Crippen LogP contribution in [0.3, 0.4) is 0 Å². The van der Waals surface area contributed by atoms with Gasteiger partial charge in [0.1, 0.15) is 0 Å². The molecule has 1 atom stereocenters. The summed E-state index contributed by atoms with van der Waals surface area (Å²) < 4.78 is 5.65.